The largest absolute Gasteiger partial charge is 0.392 e. The van der Waals surface area contributed by atoms with Gasteiger partial charge in [-0.25, -0.2) is 4.98 Å². The van der Waals surface area contributed by atoms with E-state index in [1.807, 2.05) is 13.0 Å². The molecule has 0 amide bonds. The normalized spacial score (nSPS) is 25.0. The van der Waals surface area contributed by atoms with Crippen molar-refractivity contribution in [3.63, 3.8) is 0 Å². The Balaban J connectivity index is 2.21. The second-order valence-electron chi connectivity index (χ2n) is 5.13. The Morgan fingerprint density at radius 2 is 2.22 bits per heavy atom. The van der Waals surface area contributed by atoms with Crippen molar-refractivity contribution in [2.75, 3.05) is 18.0 Å². The topological polar surface area (TPSA) is 56.6 Å². The molecule has 0 bridgehead atoms. The smallest absolute Gasteiger partial charge is 0.134 e. The Morgan fingerprint density at radius 1 is 1.44 bits per heavy atom. The van der Waals surface area contributed by atoms with Gasteiger partial charge in [0.2, 0.25) is 0 Å². The molecule has 1 fully saturated rings. The second-order valence-corrected chi connectivity index (χ2v) is 6.05. The van der Waals surface area contributed by atoms with Crippen LogP contribution in [-0.2, 0) is 6.61 Å². The van der Waals surface area contributed by atoms with Crippen molar-refractivity contribution in [3.8, 4) is 0 Å². The second kappa shape index (κ2) is 5.55. The van der Waals surface area contributed by atoms with Crippen LogP contribution in [-0.4, -0.2) is 33.9 Å². The molecule has 1 aliphatic heterocycles. The van der Waals surface area contributed by atoms with Crippen molar-refractivity contribution in [2.45, 2.75) is 38.4 Å². The number of hydrogen-bond donors (Lipinski definition) is 2. The van der Waals surface area contributed by atoms with Crippen LogP contribution in [0.25, 0.3) is 0 Å². The first-order chi connectivity index (χ1) is 8.52. The van der Waals surface area contributed by atoms with Crippen LogP contribution >= 0.6 is 15.9 Å². The summed E-state index contributed by atoms with van der Waals surface area (Å²) >= 11 is 3.36. The maximum atomic E-state index is 10.1. The molecule has 18 heavy (non-hydrogen) atoms. The van der Waals surface area contributed by atoms with Gasteiger partial charge < -0.3 is 15.1 Å². The van der Waals surface area contributed by atoms with E-state index in [1.165, 1.54) is 0 Å². The predicted molar refractivity (Wildman–Crippen MR) is 74.5 cm³/mol. The minimum atomic E-state index is -0.580. The fraction of sp³-hybridized carbons (Fsp3) is 0.615. The van der Waals surface area contributed by atoms with Crippen LogP contribution in [0.2, 0.25) is 0 Å². The SMILES string of the molecule is CC1(O)CCCN(c2ncc(Br)cc2CO)CC1. The Morgan fingerprint density at radius 3 is 2.94 bits per heavy atom. The molecule has 4 nitrogen and oxygen atoms in total. The van der Waals surface area contributed by atoms with Gasteiger partial charge in [-0.15, -0.1) is 0 Å². The molecule has 1 aromatic heterocycles. The zero-order valence-electron chi connectivity index (χ0n) is 10.6. The van der Waals surface area contributed by atoms with Crippen molar-refractivity contribution in [1.82, 2.24) is 4.98 Å². The van der Waals surface area contributed by atoms with E-state index in [-0.39, 0.29) is 6.61 Å². The highest BCUT2D eigenvalue weighted by atomic mass is 79.9. The van der Waals surface area contributed by atoms with E-state index in [9.17, 15) is 10.2 Å². The van der Waals surface area contributed by atoms with Gasteiger partial charge in [0.05, 0.1) is 12.2 Å². The van der Waals surface area contributed by atoms with Crippen molar-refractivity contribution in [2.24, 2.45) is 0 Å². The average molecular weight is 315 g/mol. The lowest BCUT2D eigenvalue weighted by Crippen LogP contribution is -2.29. The fourth-order valence-electron chi connectivity index (χ4n) is 2.35. The molecule has 0 saturated carbocycles. The number of pyridine rings is 1. The number of hydrogen-bond acceptors (Lipinski definition) is 4. The number of halogens is 1. The molecule has 1 unspecified atom stereocenters. The quantitative estimate of drug-likeness (QED) is 0.877. The van der Waals surface area contributed by atoms with Gasteiger partial charge in [0, 0.05) is 29.3 Å². The molecule has 0 spiro atoms. The van der Waals surface area contributed by atoms with Gasteiger partial charge in [-0.2, -0.15) is 0 Å². The third kappa shape index (κ3) is 3.22. The average Bonchev–Trinajstić information content (AvgIpc) is 2.50. The van der Waals surface area contributed by atoms with Crippen molar-refractivity contribution in [1.29, 1.82) is 0 Å². The Kier molecular flexibility index (Phi) is 4.25. The summed E-state index contributed by atoms with van der Waals surface area (Å²) < 4.78 is 0.872. The van der Waals surface area contributed by atoms with E-state index in [1.54, 1.807) is 6.20 Å². The number of aliphatic hydroxyl groups excluding tert-OH is 1. The summed E-state index contributed by atoms with van der Waals surface area (Å²) in [6, 6.07) is 1.89. The zero-order valence-corrected chi connectivity index (χ0v) is 12.2. The molecule has 100 valence electrons. The highest BCUT2D eigenvalue weighted by molar-refractivity contribution is 9.10. The summed E-state index contributed by atoms with van der Waals surface area (Å²) in [5, 5.41) is 19.5. The number of rotatable bonds is 2. The lowest BCUT2D eigenvalue weighted by Gasteiger charge is -2.25. The molecule has 1 atom stereocenters. The monoisotopic (exact) mass is 314 g/mol. The van der Waals surface area contributed by atoms with Gasteiger partial charge in [-0.3, -0.25) is 0 Å². The van der Waals surface area contributed by atoms with E-state index in [2.05, 4.69) is 25.8 Å². The highest BCUT2D eigenvalue weighted by Crippen LogP contribution is 2.27. The molecule has 1 saturated heterocycles. The van der Waals surface area contributed by atoms with Crippen molar-refractivity contribution < 1.29 is 10.2 Å². The van der Waals surface area contributed by atoms with E-state index < -0.39 is 5.60 Å². The molecular formula is C13H19BrN2O2. The first-order valence-corrected chi connectivity index (χ1v) is 7.04. The van der Waals surface area contributed by atoms with E-state index in [0.29, 0.717) is 0 Å². The fourth-order valence-corrected chi connectivity index (χ4v) is 2.73. The predicted octanol–water partition coefficient (Wildman–Crippen LogP) is 2.08. The lowest BCUT2D eigenvalue weighted by molar-refractivity contribution is 0.0481. The van der Waals surface area contributed by atoms with Crippen LogP contribution in [0.4, 0.5) is 5.82 Å². The standard InChI is InChI=1S/C13H19BrN2O2/c1-13(18)3-2-5-16(6-4-13)12-10(9-17)7-11(14)8-15-12/h7-8,17-18H,2-6,9H2,1H3. The lowest BCUT2D eigenvalue weighted by atomic mass is 9.98. The molecule has 2 rings (SSSR count). The molecule has 2 N–H and O–H groups in total. The molecule has 0 radical (unpaired) electrons. The molecule has 1 aliphatic rings. The van der Waals surface area contributed by atoms with Crippen LogP contribution in [0.5, 0.6) is 0 Å². The maximum Gasteiger partial charge on any atom is 0.134 e. The van der Waals surface area contributed by atoms with E-state index >= 15 is 0 Å². The van der Waals surface area contributed by atoms with Crippen LogP contribution in [0.3, 0.4) is 0 Å². The first-order valence-electron chi connectivity index (χ1n) is 6.24. The Hall–Kier alpha value is -0.650. The van der Waals surface area contributed by atoms with Crippen LogP contribution in [0.1, 0.15) is 31.7 Å². The van der Waals surface area contributed by atoms with Crippen molar-refractivity contribution >= 4 is 21.7 Å². The molecule has 0 aliphatic carbocycles. The van der Waals surface area contributed by atoms with E-state index in [0.717, 1.165) is 48.2 Å². The highest BCUT2D eigenvalue weighted by Gasteiger charge is 2.26. The maximum absolute atomic E-state index is 10.1. The van der Waals surface area contributed by atoms with Crippen molar-refractivity contribution in [3.05, 3.63) is 22.3 Å². The van der Waals surface area contributed by atoms with Gasteiger partial charge in [0.25, 0.3) is 0 Å². The van der Waals surface area contributed by atoms with Gasteiger partial charge in [-0.05, 0) is 48.2 Å². The third-order valence-electron chi connectivity index (χ3n) is 3.44. The molecular weight excluding hydrogens is 296 g/mol. The molecule has 0 aromatic carbocycles. The summed E-state index contributed by atoms with van der Waals surface area (Å²) in [5.74, 6) is 0.832. The summed E-state index contributed by atoms with van der Waals surface area (Å²) in [4.78, 5) is 6.55. The summed E-state index contributed by atoms with van der Waals surface area (Å²) in [5.41, 5.74) is 0.245. The Bertz CT molecular complexity index is 423. The van der Waals surface area contributed by atoms with Gasteiger partial charge >= 0.3 is 0 Å². The van der Waals surface area contributed by atoms with Crippen LogP contribution in [0, 0.1) is 0 Å². The number of nitrogens with zero attached hydrogens (tertiary/aromatic N) is 2. The summed E-state index contributed by atoms with van der Waals surface area (Å²) in [7, 11) is 0. The number of aromatic nitrogens is 1. The Labute approximate surface area is 116 Å². The summed E-state index contributed by atoms with van der Waals surface area (Å²) in [6.45, 7) is 3.51. The third-order valence-corrected chi connectivity index (χ3v) is 3.88. The number of aliphatic hydroxyl groups is 2. The van der Waals surface area contributed by atoms with Crippen LogP contribution < -0.4 is 4.90 Å². The minimum absolute atomic E-state index is 0.0192. The first kappa shape index (κ1) is 13.8. The van der Waals surface area contributed by atoms with Crippen LogP contribution in [0.15, 0.2) is 16.7 Å². The molecule has 5 heteroatoms. The van der Waals surface area contributed by atoms with Gasteiger partial charge in [0.1, 0.15) is 5.82 Å². The minimum Gasteiger partial charge on any atom is -0.392 e. The number of anilines is 1. The molecule has 1 aromatic rings. The van der Waals surface area contributed by atoms with E-state index in [4.69, 9.17) is 0 Å². The zero-order chi connectivity index (χ0) is 13.2. The van der Waals surface area contributed by atoms with Gasteiger partial charge in [-0.1, -0.05) is 0 Å². The summed E-state index contributed by atoms with van der Waals surface area (Å²) in [6.07, 6.45) is 4.23. The van der Waals surface area contributed by atoms with Gasteiger partial charge in [0.15, 0.2) is 0 Å². The molecule has 2 heterocycles.